The summed E-state index contributed by atoms with van der Waals surface area (Å²) in [6.45, 7) is 1.86. The number of pyridine rings is 1. The lowest BCUT2D eigenvalue weighted by Gasteiger charge is -2.11. The van der Waals surface area contributed by atoms with Crippen LogP contribution in [0.25, 0.3) is 5.65 Å². The van der Waals surface area contributed by atoms with Gasteiger partial charge in [0.15, 0.2) is 11.5 Å². The van der Waals surface area contributed by atoms with E-state index in [0.717, 1.165) is 5.65 Å². The molecule has 0 fully saturated rings. The van der Waals surface area contributed by atoms with Gasteiger partial charge in [-0.1, -0.05) is 6.07 Å². The lowest BCUT2D eigenvalue weighted by molar-refractivity contribution is 0.0938. The Morgan fingerprint density at radius 1 is 1.42 bits per heavy atom. The Morgan fingerprint density at radius 2 is 2.32 bits per heavy atom. The van der Waals surface area contributed by atoms with Gasteiger partial charge in [-0.3, -0.25) is 14.3 Å². The van der Waals surface area contributed by atoms with Crippen molar-refractivity contribution >= 4 is 11.6 Å². The Balaban J connectivity index is 1.84. The van der Waals surface area contributed by atoms with Crippen LogP contribution >= 0.6 is 0 Å². The van der Waals surface area contributed by atoms with E-state index in [1.54, 1.807) is 6.20 Å². The molecule has 0 aliphatic rings. The minimum atomic E-state index is -0.250. The third-order valence-electron chi connectivity index (χ3n) is 2.84. The number of rotatable bonds is 3. The van der Waals surface area contributed by atoms with E-state index in [1.807, 2.05) is 35.7 Å². The molecular weight excluding hydrogens is 244 g/mol. The zero-order valence-electron chi connectivity index (χ0n) is 10.2. The predicted molar refractivity (Wildman–Crippen MR) is 67.5 cm³/mol. The molecule has 96 valence electrons. The van der Waals surface area contributed by atoms with E-state index in [0.29, 0.717) is 11.4 Å². The molecule has 1 amide bonds. The first-order valence-electron chi connectivity index (χ1n) is 5.85. The number of fused-ring (bicyclic) bond motifs is 1. The molecule has 19 heavy (non-hydrogen) atoms. The summed E-state index contributed by atoms with van der Waals surface area (Å²) in [5.41, 5.74) is 1.24. The van der Waals surface area contributed by atoms with Crippen molar-refractivity contribution in [3.05, 3.63) is 48.2 Å². The van der Waals surface area contributed by atoms with Crippen LogP contribution in [0.3, 0.4) is 0 Å². The van der Waals surface area contributed by atoms with Crippen LogP contribution in [-0.4, -0.2) is 30.7 Å². The molecule has 3 aromatic heterocycles. The van der Waals surface area contributed by atoms with E-state index >= 15 is 0 Å². The van der Waals surface area contributed by atoms with Gasteiger partial charge in [0.2, 0.25) is 0 Å². The normalized spacial score (nSPS) is 12.5. The molecule has 2 N–H and O–H groups in total. The molecule has 0 saturated heterocycles. The van der Waals surface area contributed by atoms with Crippen molar-refractivity contribution in [2.45, 2.75) is 13.0 Å². The number of amides is 1. The third kappa shape index (κ3) is 2.05. The monoisotopic (exact) mass is 256 g/mol. The van der Waals surface area contributed by atoms with E-state index in [1.165, 1.54) is 6.20 Å². The van der Waals surface area contributed by atoms with Crippen LogP contribution in [0, 0.1) is 0 Å². The molecule has 1 unspecified atom stereocenters. The van der Waals surface area contributed by atoms with Crippen LogP contribution < -0.4 is 5.32 Å². The highest BCUT2D eigenvalue weighted by molar-refractivity contribution is 5.93. The first kappa shape index (κ1) is 11.4. The summed E-state index contributed by atoms with van der Waals surface area (Å²) >= 11 is 0. The van der Waals surface area contributed by atoms with Crippen molar-refractivity contribution in [2.24, 2.45) is 0 Å². The molecule has 3 aromatic rings. The maximum Gasteiger partial charge on any atom is 0.255 e. The van der Waals surface area contributed by atoms with Crippen molar-refractivity contribution in [2.75, 3.05) is 0 Å². The number of H-pyrrole nitrogens is 1. The highest BCUT2D eigenvalue weighted by Crippen LogP contribution is 2.12. The highest BCUT2D eigenvalue weighted by atomic mass is 16.1. The highest BCUT2D eigenvalue weighted by Gasteiger charge is 2.16. The molecule has 0 saturated carbocycles. The first-order chi connectivity index (χ1) is 9.25. The molecule has 3 rings (SSSR count). The van der Waals surface area contributed by atoms with Gasteiger partial charge in [-0.05, 0) is 19.1 Å². The zero-order valence-corrected chi connectivity index (χ0v) is 10.2. The molecule has 7 nitrogen and oxygen atoms in total. The molecule has 0 aliphatic heterocycles. The zero-order chi connectivity index (χ0) is 13.2. The third-order valence-corrected chi connectivity index (χ3v) is 2.84. The van der Waals surface area contributed by atoms with Gasteiger partial charge in [0.1, 0.15) is 0 Å². The lowest BCUT2D eigenvalue weighted by Crippen LogP contribution is -2.27. The van der Waals surface area contributed by atoms with E-state index in [4.69, 9.17) is 0 Å². The maximum atomic E-state index is 11.9. The summed E-state index contributed by atoms with van der Waals surface area (Å²) in [6, 6.07) is 5.40. The standard InChI is InChI=1S/C12H12N6O/c1-8(15-12(19)9-6-13-14-7-9)11-17-16-10-4-2-3-5-18(10)11/h2-8H,1H3,(H,13,14)(H,15,19). The quantitative estimate of drug-likeness (QED) is 0.730. The van der Waals surface area contributed by atoms with E-state index in [9.17, 15) is 4.79 Å². The summed E-state index contributed by atoms with van der Waals surface area (Å²) in [5.74, 6) is 0.487. The smallest absolute Gasteiger partial charge is 0.255 e. The number of hydrogen-bond acceptors (Lipinski definition) is 4. The van der Waals surface area contributed by atoms with E-state index in [-0.39, 0.29) is 11.9 Å². The Morgan fingerprint density at radius 3 is 3.11 bits per heavy atom. The average molecular weight is 256 g/mol. The second kappa shape index (κ2) is 4.52. The molecule has 3 heterocycles. The van der Waals surface area contributed by atoms with Gasteiger partial charge in [-0.2, -0.15) is 5.10 Å². The number of carbonyl (C=O) groups is 1. The Kier molecular flexibility index (Phi) is 2.71. The summed E-state index contributed by atoms with van der Waals surface area (Å²) in [5, 5.41) is 17.4. The fourth-order valence-corrected chi connectivity index (χ4v) is 1.87. The first-order valence-corrected chi connectivity index (χ1v) is 5.85. The lowest BCUT2D eigenvalue weighted by atomic mass is 10.2. The molecular formula is C12H12N6O. The van der Waals surface area contributed by atoms with Gasteiger partial charge in [0, 0.05) is 12.4 Å². The molecule has 7 heteroatoms. The number of aromatic nitrogens is 5. The van der Waals surface area contributed by atoms with Crippen LogP contribution in [0.4, 0.5) is 0 Å². The number of hydrogen-bond donors (Lipinski definition) is 2. The number of nitrogens with one attached hydrogen (secondary N) is 2. The maximum absolute atomic E-state index is 11.9. The topological polar surface area (TPSA) is 88.0 Å². The summed E-state index contributed by atoms with van der Waals surface area (Å²) in [7, 11) is 0. The van der Waals surface area contributed by atoms with Crippen molar-refractivity contribution in [3.8, 4) is 0 Å². The van der Waals surface area contributed by atoms with Gasteiger partial charge >= 0.3 is 0 Å². The van der Waals surface area contributed by atoms with Gasteiger partial charge in [-0.25, -0.2) is 0 Å². The second-order valence-electron chi connectivity index (χ2n) is 4.17. The summed E-state index contributed by atoms with van der Waals surface area (Å²) in [4.78, 5) is 11.9. The van der Waals surface area contributed by atoms with Crippen molar-refractivity contribution in [3.63, 3.8) is 0 Å². The Bertz CT molecular complexity index is 702. The molecule has 1 atom stereocenters. The number of nitrogens with zero attached hydrogens (tertiary/aromatic N) is 4. The second-order valence-corrected chi connectivity index (χ2v) is 4.17. The Labute approximate surface area is 108 Å². The minimum absolute atomic E-state index is 0.200. The molecule has 0 radical (unpaired) electrons. The van der Waals surface area contributed by atoms with Crippen molar-refractivity contribution in [1.29, 1.82) is 0 Å². The molecule has 0 aliphatic carbocycles. The largest absolute Gasteiger partial charge is 0.342 e. The minimum Gasteiger partial charge on any atom is -0.342 e. The van der Waals surface area contributed by atoms with Gasteiger partial charge in [0.05, 0.1) is 17.8 Å². The SMILES string of the molecule is CC(NC(=O)c1cn[nH]c1)c1nnc2ccccn12. The van der Waals surface area contributed by atoms with Gasteiger partial charge in [-0.15, -0.1) is 10.2 Å². The predicted octanol–water partition coefficient (Wildman–Crippen LogP) is 0.943. The summed E-state index contributed by atoms with van der Waals surface area (Å²) in [6.07, 6.45) is 4.89. The van der Waals surface area contributed by atoms with Gasteiger partial charge < -0.3 is 5.32 Å². The van der Waals surface area contributed by atoms with Crippen molar-refractivity contribution < 1.29 is 4.79 Å². The van der Waals surface area contributed by atoms with E-state index in [2.05, 4.69) is 25.7 Å². The fraction of sp³-hybridized carbons (Fsp3) is 0.167. The van der Waals surface area contributed by atoms with Crippen LogP contribution in [-0.2, 0) is 0 Å². The molecule has 0 aromatic carbocycles. The number of aromatic amines is 1. The van der Waals surface area contributed by atoms with E-state index < -0.39 is 0 Å². The van der Waals surface area contributed by atoms with Crippen LogP contribution in [0.1, 0.15) is 29.1 Å². The van der Waals surface area contributed by atoms with Crippen LogP contribution in [0.15, 0.2) is 36.8 Å². The van der Waals surface area contributed by atoms with Crippen LogP contribution in [0.2, 0.25) is 0 Å². The summed E-state index contributed by atoms with van der Waals surface area (Å²) < 4.78 is 1.85. The van der Waals surface area contributed by atoms with Crippen LogP contribution in [0.5, 0.6) is 0 Å². The Hall–Kier alpha value is -2.70. The molecule has 0 spiro atoms. The fourth-order valence-electron chi connectivity index (χ4n) is 1.87. The molecule has 0 bridgehead atoms. The number of carbonyl (C=O) groups excluding carboxylic acids is 1. The van der Waals surface area contributed by atoms with Gasteiger partial charge in [0.25, 0.3) is 5.91 Å². The van der Waals surface area contributed by atoms with Crippen molar-refractivity contribution in [1.82, 2.24) is 30.1 Å². The average Bonchev–Trinajstić information content (AvgIpc) is 3.08.